The number of ether oxygens (including phenoxy) is 2. The zero-order valence-electron chi connectivity index (χ0n) is 12.0. The van der Waals surface area contributed by atoms with E-state index >= 15 is 0 Å². The van der Waals surface area contributed by atoms with Gasteiger partial charge in [0.15, 0.2) is 11.5 Å². The molecule has 0 atom stereocenters. The third kappa shape index (κ3) is 3.88. The van der Waals surface area contributed by atoms with Crippen molar-refractivity contribution < 1.29 is 13.9 Å². The smallest absolute Gasteiger partial charge is 0.175 e. The molecule has 112 valence electrons. The molecule has 0 aliphatic rings. The molecule has 2 aromatic carbocycles. The SMILES string of the molecule is CCOc1c(Br)cc(CNc2ccccc2F)cc1OC. The van der Waals surface area contributed by atoms with Crippen LogP contribution in [-0.4, -0.2) is 13.7 Å². The normalized spacial score (nSPS) is 10.3. The molecule has 0 saturated carbocycles. The molecular weight excluding hydrogens is 337 g/mol. The maximum Gasteiger partial charge on any atom is 0.175 e. The van der Waals surface area contributed by atoms with Gasteiger partial charge in [0.05, 0.1) is 23.9 Å². The molecule has 0 fully saturated rings. The Balaban J connectivity index is 2.17. The lowest BCUT2D eigenvalue weighted by Crippen LogP contribution is -2.03. The summed E-state index contributed by atoms with van der Waals surface area (Å²) < 4.78 is 25.3. The lowest BCUT2D eigenvalue weighted by atomic mass is 10.2. The molecule has 0 bridgehead atoms. The summed E-state index contributed by atoms with van der Waals surface area (Å²) in [5.74, 6) is 1.06. The maximum absolute atomic E-state index is 13.6. The van der Waals surface area contributed by atoms with Crippen LogP contribution in [0.5, 0.6) is 11.5 Å². The van der Waals surface area contributed by atoms with Gasteiger partial charge in [0.2, 0.25) is 0 Å². The topological polar surface area (TPSA) is 30.5 Å². The van der Waals surface area contributed by atoms with Crippen LogP contribution in [0.1, 0.15) is 12.5 Å². The Labute approximate surface area is 132 Å². The van der Waals surface area contributed by atoms with E-state index in [1.165, 1.54) is 6.07 Å². The van der Waals surface area contributed by atoms with Gasteiger partial charge in [-0.25, -0.2) is 4.39 Å². The fraction of sp³-hybridized carbons (Fsp3) is 0.250. The Bertz CT molecular complexity index is 619. The molecule has 0 spiro atoms. The Morgan fingerprint density at radius 3 is 2.67 bits per heavy atom. The molecule has 0 radical (unpaired) electrons. The summed E-state index contributed by atoms with van der Waals surface area (Å²) in [6.07, 6.45) is 0. The van der Waals surface area contributed by atoms with Crippen molar-refractivity contribution in [1.82, 2.24) is 0 Å². The Morgan fingerprint density at radius 2 is 2.00 bits per heavy atom. The Hall–Kier alpha value is -1.75. The van der Waals surface area contributed by atoms with Gasteiger partial charge in [-0.05, 0) is 52.7 Å². The number of hydrogen-bond acceptors (Lipinski definition) is 3. The van der Waals surface area contributed by atoms with E-state index in [0.717, 1.165) is 10.0 Å². The monoisotopic (exact) mass is 353 g/mol. The maximum atomic E-state index is 13.6. The highest BCUT2D eigenvalue weighted by Crippen LogP contribution is 2.36. The molecule has 2 aromatic rings. The highest BCUT2D eigenvalue weighted by Gasteiger charge is 2.11. The summed E-state index contributed by atoms with van der Waals surface area (Å²) in [7, 11) is 1.60. The van der Waals surface area contributed by atoms with Gasteiger partial charge in [-0.1, -0.05) is 12.1 Å². The highest BCUT2D eigenvalue weighted by molar-refractivity contribution is 9.10. The number of halogens is 2. The molecule has 21 heavy (non-hydrogen) atoms. The lowest BCUT2D eigenvalue weighted by molar-refractivity contribution is 0.308. The molecule has 3 nitrogen and oxygen atoms in total. The van der Waals surface area contributed by atoms with Crippen LogP contribution in [0.4, 0.5) is 10.1 Å². The van der Waals surface area contributed by atoms with Crippen LogP contribution < -0.4 is 14.8 Å². The number of methoxy groups -OCH3 is 1. The first-order chi connectivity index (χ1) is 10.2. The van der Waals surface area contributed by atoms with Crippen molar-refractivity contribution in [2.24, 2.45) is 0 Å². The lowest BCUT2D eigenvalue weighted by Gasteiger charge is -2.14. The van der Waals surface area contributed by atoms with E-state index < -0.39 is 0 Å². The second-order valence-electron chi connectivity index (χ2n) is 4.38. The fourth-order valence-electron chi connectivity index (χ4n) is 1.96. The molecule has 2 rings (SSSR count). The number of benzene rings is 2. The van der Waals surface area contributed by atoms with E-state index in [-0.39, 0.29) is 5.82 Å². The first kappa shape index (κ1) is 15.6. The third-order valence-electron chi connectivity index (χ3n) is 2.93. The van der Waals surface area contributed by atoms with Crippen LogP contribution in [0.15, 0.2) is 40.9 Å². The van der Waals surface area contributed by atoms with Crippen molar-refractivity contribution in [3.63, 3.8) is 0 Å². The molecule has 5 heteroatoms. The number of anilines is 1. The molecule has 0 heterocycles. The van der Waals surface area contributed by atoms with Crippen molar-refractivity contribution in [3.8, 4) is 11.5 Å². The van der Waals surface area contributed by atoms with Gasteiger partial charge in [-0.2, -0.15) is 0 Å². The summed E-state index contributed by atoms with van der Waals surface area (Å²) in [6, 6.07) is 10.4. The first-order valence-electron chi connectivity index (χ1n) is 6.63. The highest BCUT2D eigenvalue weighted by atomic mass is 79.9. The molecule has 0 unspecified atom stereocenters. The predicted molar refractivity (Wildman–Crippen MR) is 85.6 cm³/mol. The number of rotatable bonds is 6. The van der Waals surface area contributed by atoms with Crippen LogP contribution in [0.2, 0.25) is 0 Å². The minimum atomic E-state index is -0.269. The quantitative estimate of drug-likeness (QED) is 0.822. The van der Waals surface area contributed by atoms with Gasteiger partial charge in [-0.15, -0.1) is 0 Å². The number of nitrogens with one attached hydrogen (secondary N) is 1. The second-order valence-corrected chi connectivity index (χ2v) is 5.23. The second kappa shape index (κ2) is 7.31. The Morgan fingerprint density at radius 1 is 1.24 bits per heavy atom. The van der Waals surface area contributed by atoms with Crippen molar-refractivity contribution in [3.05, 3.63) is 52.3 Å². The molecule has 0 aliphatic carbocycles. The Kier molecular flexibility index (Phi) is 5.44. The summed E-state index contributed by atoms with van der Waals surface area (Å²) in [5.41, 5.74) is 1.44. The summed E-state index contributed by atoms with van der Waals surface area (Å²) in [4.78, 5) is 0. The zero-order chi connectivity index (χ0) is 15.2. The average Bonchev–Trinajstić information content (AvgIpc) is 2.48. The van der Waals surface area contributed by atoms with E-state index in [2.05, 4.69) is 21.2 Å². The molecule has 0 saturated heterocycles. The number of hydrogen-bond donors (Lipinski definition) is 1. The minimum absolute atomic E-state index is 0.269. The van der Waals surface area contributed by atoms with Gasteiger partial charge in [-0.3, -0.25) is 0 Å². The summed E-state index contributed by atoms with van der Waals surface area (Å²) in [6.45, 7) is 2.96. The van der Waals surface area contributed by atoms with E-state index in [1.807, 2.05) is 19.1 Å². The summed E-state index contributed by atoms with van der Waals surface area (Å²) in [5, 5.41) is 3.07. The van der Waals surface area contributed by atoms with Gasteiger partial charge >= 0.3 is 0 Å². The standard InChI is InChI=1S/C16H17BrFNO2/c1-3-21-16-12(17)8-11(9-15(16)20-2)10-19-14-7-5-4-6-13(14)18/h4-9,19H,3,10H2,1-2H3. The minimum Gasteiger partial charge on any atom is -0.493 e. The van der Waals surface area contributed by atoms with Crippen LogP contribution in [0.25, 0.3) is 0 Å². The van der Waals surface area contributed by atoms with Gasteiger partial charge in [0, 0.05) is 6.54 Å². The fourth-order valence-corrected chi connectivity index (χ4v) is 2.57. The van der Waals surface area contributed by atoms with Gasteiger partial charge in [0.1, 0.15) is 5.82 Å². The molecule has 0 aliphatic heterocycles. The van der Waals surface area contributed by atoms with Crippen molar-refractivity contribution in [1.29, 1.82) is 0 Å². The third-order valence-corrected chi connectivity index (χ3v) is 3.52. The van der Waals surface area contributed by atoms with E-state index in [9.17, 15) is 4.39 Å². The van der Waals surface area contributed by atoms with Gasteiger partial charge < -0.3 is 14.8 Å². The van der Waals surface area contributed by atoms with Crippen LogP contribution in [0, 0.1) is 5.82 Å². The number of para-hydroxylation sites is 1. The van der Waals surface area contributed by atoms with E-state index in [1.54, 1.807) is 25.3 Å². The average molecular weight is 354 g/mol. The largest absolute Gasteiger partial charge is 0.493 e. The zero-order valence-corrected chi connectivity index (χ0v) is 13.5. The summed E-state index contributed by atoms with van der Waals surface area (Å²) >= 11 is 3.47. The predicted octanol–water partition coefficient (Wildman–Crippen LogP) is 4.61. The van der Waals surface area contributed by atoms with Crippen molar-refractivity contribution in [2.75, 3.05) is 19.0 Å². The molecule has 1 N–H and O–H groups in total. The molecule has 0 amide bonds. The van der Waals surface area contributed by atoms with Crippen LogP contribution in [0.3, 0.4) is 0 Å². The van der Waals surface area contributed by atoms with Gasteiger partial charge in [0.25, 0.3) is 0 Å². The van der Waals surface area contributed by atoms with Crippen LogP contribution >= 0.6 is 15.9 Å². The van der Waals surface area contributed by atoms with Crippen molar-refractivity contribution in [2.45, 2.75) is 13.5 Å². The van der Waals surface area contributed by atoms with Crippen LogP contribution in [-0.2, 0) is 6.54 Å². The first-order valence-corrected chi connectivity index (χ1v) is 7.42. The molecule has 0 aromatic heterocycles. The molecular formula is C16H17BrFNO2. The van der Waals surface area contributed by atoms with E-state index in [4.69, 9.17) is 9.47 Å². The van der Waals surface area contributed by atoms with E-state index in [0.29, 0.717) is 30.3 Å². The van der Waals surface area contributed by atoms with Crippen molar-refractivity contribution >= 4 is 21.6 Å².